The maximum atomic E-state index is 11.6. The van der Waals surface area contributed by atoms with Crippen molar-refractivity contribution in [1.82, 2.24) is 0 Å². The van der Waals surface area contributed by atoms with Gasteiger partial charge in [-0.25, -0.2) is 0 Å². The van der Waals surface area contributed by atoms with Gasteiger partial charge in [0.25, 0.3) is 0 Å². The van der Waals surface area contributed by atoms with E-state index in [0.29, 0.717) is 22.7 Å². The zero-order valence-electron chi connectivity index (χ0n) is 33.1. The molecule has 0 aliphatic heterocycles. The van der Waals surface area contributed by atoms with E-state index in [0.717, 1.165) is 5.92 Å². The van der Waals surface area contributed by atoms with Crippen molar-refractivity contribution in [3.63, 3.8) is 0 Å². The van der Waals surface area contributed by atoms with E-state index in [1.165, 1.54) is 38.5 Å². The molecule has 0 atom stereocenters. The van der Waals surface area contributed by atoms with Crippen LogP contribution in [0.15, 0.2) is 0 Å². The van der Waals surface area contributed by atoms with Gasteiger partial charge in [0.15, 0.2) is 0 Å². The van der Waals surface area contributed by atoms with Crippen LogP contribution in [0.5, 0.6) is 0 Å². The van der Waals surface area contributed by atoms with Crippen molar-refractivity contribution in [2.75, 3.05) is 0 Å². The van der Waals surface area contributed by atoms with Crippen LogP contribution in [0, 0.1) is 33.0 Å². The van der Waals surface area contributed by atoms with E-state index >= 15 is 0 Å². The van der Waals surface area contributed by atoms with Crippen LogP contribution in [0.4, 0.5) is 26.3 Å². The van der Waals surface area contributed by atoms with E-state index < -0.39 is 25.2 Å². The minimum absolute atomic E-state index is 0.0191. The van der Waals surface area contributed by atoms with Gasteiger partial charge in [-0.05, 0) is 71.5 Å². The normalized spacial score (nSPS) is 13.0. The average Bonchev–Trinajstić information content (AvgIpc) is 2.66. The maximum absolute atomic E-state index is 11.6. The van der Waals surface area contributed by atoms with Crippen LogP contribution in [0.1, 0.15) is 202 Å². The summed E-state index contributed by atoms with van der Waals surface area (Å²) in [4.78, 5) is 0. The Bertz CT molecular complexity index is 579. The molecule has 0 N–H and O–H groups in total. The molecule has 274 valence electrons. The number of alkyl halides is 6. The molecule has 6 heteroatoms. The fraction of sp³-hybridized carbons (Fsp3) is 1.00. The third-order valence-electron chi connectivity index (χ3n) is 5.85. The molecule has 0 heterocycles. The number of unbranched alkanes of at least 4 members (excludes halogenated alkanes) is 1. The van der Waals surface area contributed by atoms with Crippen LogP contribution < -0.4 is 0 Å². The van der Waals surface area contributed by atoms with Crippen LogP contribution in [0.25, 0.3) is 0 Å². The molecule has 44 heavy (non-hydrogen) atoms. The third-order valence-corrected chi connectivity index (χ3v) is 5.85. The standard InChI is InChI=1S/C8H15F3.2C8H18.C7H13F3.C7H16/c1-7(2,3)5-4-6-8(9,10)11;1-7(2)6-8(3,4)5;1-5-6-7-8(2,3)4;1-6(2,3)4-5-7(8,9)10;1-5-6-7(2,3)4/h4-6H2,1-3H3;7H,6H2,1-5H3;5-7H2,1-4H3;4-5H2,1-3H3;5-6H2,1-4H3. The minimum atomic E-state index is -3.99. The highest BCUT2D eigenvalue weighted by Gasteiger charge is 2.29. The molecule has 0 aliphatic carbocycles. The van der Waals surface area contributed by atoms with Gasteiger partial charge in [0.05, 0.1) is 0 Å². The zero-order valence-corrected chi connectivity index (χ0v) is 33.1. The Labute approximate surface area is 273 Å². The molecule has 0 unspecified atom stereocenters. The van der Waals surface area contributed by atoms with Crippen LogP contribution in [-0.4, -0.2) is 12.4 Å². The van der Waals surface area contributed by atoms with Crippen LogP contribution in [-0.2, 0) is 0 Å². The van der Waals surface area contributed by atoms with Gasteiger partial charge < -0.3 is 0 Å². The first-order valence-corrected chi connectivity index (χ1v) is 17.1. The topological polar surface area (TPSA) is 0 Å². The van der Waals surface area contributed by atoms with Crippen molar-refractivity contribution in [2.24, 2.45) is 33.0 Å². The number of hydrogen-bond acceptors (Lipinski definition) is 0. The van der Waals surface area contributed by atoms with Crippen molar-refractivity contribution in [3.8, 4) is 0 Å². The quantitative estimate of drug-likeness (QED) is 0.241. The SMILES string of the molecule is CC(C)(C)CCC(F)(F)F.CC(C)(C)CCCC(F)(F)F.CC(C)CC(C)(C)C.CCCC(C)(C)C.CCCCC(C)(C)C. The van der Waals surface area contributed by atoms with Crippen molar-refractivity contribution in [1.29, 1.82) is 0 Å². The van der Waals surface area contributed by atoms with Gasteiger partial charge in [-0.1, -0.05) is 151 Å². The van der Waals surface area contributed by atoms with Crippen LogP contribution >= 0.6 is 0 Å². The van der Waals surface area contributed by atoms with Crippen molar-refractivity contribution in [2.45, 2.75) is 215 Å². The molecule has 0 amide bonds. The fourth-order valence-corrected chi connectivity index (χ4v) is 4.02. The largest absolute Gasteiger partial charge is 0.389 e. The summed E-state index contributed by atoms with van der Waals surface area (Å²) in [6.07, 6.45) is -0.164. The Hall–Kier alpha value is -0.420. The van der Waals surface area contributed by atoms with Crippen LogP contribution in [0.2, 0.25) is 0 Å². The van der Waals surface area contributed by atoms with Gasteiger partial charge in [0, 0.05) is 12.8 Å². The fourth-order valence-electron chi connectivity index (χ4n) is 4.02. The second kappa shape index (κ2) is 23.8. The lowest BCUT2D eigenvalue weighted by Crippen LogP contribution is -2.13. The first-order valence-electron chi connectivity index (χ1n) is 17.1. The second-order valence-electron chi connectivity index (χ2n) is 18.8. The average molecular weight is 651 g/mol. The first-order chi connectivity index (χ1) is 19.0. The Balaban J connectivity index is -0.000000145. The highest BCUT2D eigenvalue weighted by molar-refractivity contribution is 4.65. The van der Waals surface area contributed by atoms with E-state index in [-0.39, 0.29) is 23.7 Å². The number of rotatable bonds is 7. The molecule has 0 spiro atoms. The summed E-state index contributed by atoms with van der Waals surface area (Å²) >= 11 is 0. The Morgan fingerprint density at radius 3 is 0.795 bits per heavy atom. The number of halogens is 6. The molecule has 0 saturated carbocycles. The Morgan fingerprint density at radius 2 is 0.682 bits per heavy atom. The summed E-state index contributed by atoms with van der Waals surface area (Å²) in [5.74, 6) is 0.843. The lowest BCUT2D eigenvalue weighted by atomic mass is 9.86. The maximum Gasteiger partial charge on any atom is 0.389 e. The van der Waals surface area contributed by atoms with Gasteiger partial charge in [-0.15, -0.1) is 0 Å². The van der Waals surface area contributed by atoms with E-state index in [4.69, 9.17) is 0 Å². The predicted octanol–water partition coefficient (Wildman–Crippen LogP) is 16.3. The summed E-state index contributed by atoms with van der Waals surface area (Å²) in [5.41, 5.74) is 1.43. The van der Waals surface area contributed by atoms with Gasteiger partial charge >= 0.3 is 12.4 Å². The van der Waals surface area contributed by atoms with Crippen molar-refractivity contribution < 1.29 is 26.3 Å². The summed E-state index contributed by atoms with van der Waals surface area (Å²) in [5, 5.41) is 0. The van der Waals surface area contributed by atoms with Crippen molar-refractivity contribution in [3.05, 3.63) is 0 Å². The molecule has 0 nitrogen and oxygen atoms in total. The van der Waals surface area contributed by atoms with E-state index in [2.05, 4.69) is 90.0 Å². The van der Waals surface area contributed by atoms with Gasteiger partial charge in [-0.3, -0.25) is 0 Å². The highest BCUT2D eigenvalue weighted by atomic mass is 19.4. The summed E-state index contributed by atoms with van der Waals surface area (Å²) < 4.78 is 69.7. The molecule has 0 saturated heterocycles. The van der Waals surface area contributed by atoms with E-state index in [1.807, 2.05) is 20.8 Å². The van der Waals surface area contributed by atoms with Crippen LogP contribution in [0.3, 0.4) is 0 Å². The lowest BCUT2D eigenvalue weighted by molar-refractivity contribution is -0.139. The molecule has 0 fully saturated rings. The smallest absolute Gasteiger partial charge is 0.171 e. The second-order valence-corrected chi connectivity index (χ2v) is 18.8. The molecule has 0 aromatic rings. The highest BCUT2D eigenvalue weighted by Crippen LogP contribution is 2.30. The summed E-state index contributed by atoms with van der Waals surface area (Å²) in [7, 11) is 0. The molecular weight excluding hydrogens is 570 g/mol. The summed E-state index contributed by atoms with van der Waals surface area (Å²) in [6, 6.07) is 0. The third kappa shape index (κ3) is 83.8. The summed E-state index contributed by atoms with van der Waals surface area (Å²) in [6.45, 7) is 40.8. The molecule has 0 radical (unpaired) electrons. The van der Waals surface area contributed by atoms with Gasteiger partial charge in [0.1, 0.15) is 0 Å². The van der Waals surface area contributed by atoms with Crippen molar-refractivity contribution >= 4 is 0 Å². The Kier molecular flexibility index (Phi) is 28.8. The van der Waals surface area contributed by atoms with E-state index in [1.54, 1.807) is 20.8 Å². The molecule has 0 aromatic heterocycles. The molecular formula is C38H80F6. The molecule has 0 aliphatic rings. The monoisotopic (exact) mass is 651 g/mol. The molecule has 0 rings (SSSR count). The predicted molar refractivity (Wildman–Crippen MR) is 186 cm³/mol. The minimum Gasteiger partial charge on any atom is -0.171 e. The molecule has 0 aromatic carbocycles. The zero-order chi connectivity index (χ0) is 36.9. The Morgan fingerprint density at radius 1 is 0.364 bits per heavy atom. The molecule has 0 bridgehead atoms. The van der Waals surface area contributed by atoms with Gasteiger partial charge in [-0.2, -0.15) is 26.3 Å². The van der Waals surface area contributed by atoms with E-state index in [9.17, 15) is 26.3 Å². The first kappa shape index (κ1) is 53.1. The van der Waals surface area contributed by atoms with Gasteiger partial charge in [0.2, 0.25) is 0 Å². The lowest BCUT2D eigenvalue weighted by Gasteiger charge is -2.19. The number of hydrogen-bond donors (Lipinski definition) is 0.